The Morgan fingerprint density at radius 2 is 1.75 bits per heavy atom. The van der Waals surface area contributed by atoms with E-state index in [0.29, 0.717) is 62.6 Å². The summed E-state index contributed by atoms with van der Waals surface area (Å²) in [6.07, 6.45) is -4.18. The van der Waals surface area contributed by atoms with Crippen LogP contribution < -0.4 is 4.74 Å². The number of aliphatic hydroxyl groups is 1. The first-order chi connectivity index (χ1) is 19.0. The van der Waals surface area contributed by atoms with Gasteiger partial charge in [-0.05, 0) is 61.2 Å². The fraction of sp³-hybridized carbons (Fsp3) is 0.500. The van der Waals surface area contributed by atoms with Crippen LogP contribution in [-0.4, -0.2) is 92.1 Å². The van der Waals surface area contributed by atoms with Gasteiger partial charge in [0.05, 0.1) is 23.6 Å². The molecule has 2 fully saturated rings. The second-order valence-corrected chi connectivity index (χ2v) is 11.9. The van der Waals surface area contributed by atoms with E-state index in [-0.39, 0.29) is 18.1 Å². The molecular weight excluding hydrogens is 575 g/mol. The summed E-state index contributed by atoms with van der Waals surface area (Å²) in [5.74, 6) is -0.456. The molecule has 2 heterocycles. The maximum Gasteiger partial charge on any atom is 0.573 e. The van der Waals surface area contributed by atoms with Crippen molar-refractivity contribution in [1.29, 1.82) is 0 Å². The van der Waals surface area contributed by atoms with Crippen molar-refractivity contribution < 1.29 is 41.0 Å². The number of hydrogen-bond acceptors (Lipinski definition) is 7. The Kier molecular flexibility index (Phi) is 9.83. The number of β-amino-alcohol motifs (C(OH)–C–C–N with tert-alkyl or cyclic N) is 1. The number of rotatable bonds is 8. The van der Waals surface area contributed by atoms with Crippen LogP contribution in [-0.2, 0) is 14.8 Å². The van der Waals surface area contributed by atoms with Crippen LogP contribution in [0.3, 0.4) is 0 Å². The van der Waals surface area contributed by atoms with Crippen molar-refractivity contribution in [2.45, 2.75) is 42.6 Å². The molecule has 1 amide bonds. The van der Waals surface area contributed by atoms with E-state index in [1.807, 2.05) is 4.90 Å². The Balaban J connectivity index is 1.58. The number of carbonyl (C=O) groups is 1. The summed E-state index contributed by atoms with van der Waals surface area (Å²) in [5.41, 5.74) is 0.329. The summed E-state index contributed by atoms with van der Waals surface area (Å²) >= 11 is 5.96. The van der Waals surface area contributed by atoms with Gasteiger partial charge in [-0.1, -0.05) is 23.7 Å². The van der Waals surface area contributed by atoms with Crippen molar-refractivity contribution in [3.05, 3.63) is 59.1 Å². The Morgan fingerprint density at radius 3 is 2.40 bits per heavy atom. The minimum Gasteiger partial charge on any atom is -0.448 e. The zero-order valence-corrected chi connectivity index (χ0v) is 23.2. The average molecular weight is 606 g/mol. The lowest BCUT2D eigenvalue weighted by Gasteiger charge is -2.41. The highest BCUT2D eigenvalue weighted by Gasteiger charge is 2.42. The molecule has 2 aromatic carbocycles. The van der Waals surface area contributed by atoms with Crippen LogP contribution in [0.15, 0.2) is 53.4 Å². The maximum absolute atomic E-state index is 13.9. The van der Waals surface area contributed by atoms with Gasteiger partial charge in [-0.15, -0.1) is 13.2 Å². The molecule has 0 spiro atoms. The zero-order chi connectivity index (χ0) is 28.9. The average Bonchev–Trinajstić information content (AvgIpc) is 2.91. The number of nitrogens with zero attached hydrogens (tertiary/aromatic N) is 3. The van der Waals surface area contributed by atoms with Crippen molar-refractivity contribution >= 4 is 27.7 Å². The SMILES string of the molecule is O=C(OC[C@@H]1CCC[C@H](c2cccc(OC(F)(F)F)c2)N1S(=O)(=O)c1ccc(Cl)cc1)N1CCN(CCO)CC1. The zero-order valence-electron chi connectivity index (χ0n) is 21.6. The first kappa shape index (κ1) is 30.4. The number of ether oxygens (including phenoxy) is 2. The predicted octanol–water partition coefficient (Wildman–Crippen LogP) is 4.27. The summed E-state index contributed by atoms with van der Waals surface area (Å²) in [4.78, 5) is 16.3. The van der Waals surface area contributed by atoms with Gasteiger partial charge in [-0.25, -0.2) is 13.2 Å². The van der Waals surface area contributed by atoms with Gasteiger partial charge >= 0.3 is 12.5 Å². The second-order valence-electron chi connectivity index (χ2n) is 9.64. The molecule has 2 saturated heterocycles. The third kappa shape index (κ3) is 7.58. The van der Waals surface area contributed by atoms with Crippen molar-refractivity contribution in [2.24, 2.45) is 0 Å². The van der Waals surface area contributed by atoms with E-state index < -0.39 is 40.3 Å². The van der Waals surface area contributed by atoms with E-state index in [1.165, 1.54) is 45.6 Å². The standard InChI is InChI=1S/C26H31ClF3N3O6S/c27-20-7-9-23(10-8-20)40(36,37)33-21(18-38-25(35)32-13-11-31(12-14-32)15-16-34)4-2-6-24(33)19-3-1-5-22(17-19)39-26(28,29)30/h1,3,5,7-10,17,21,24,34H,2,4,6,11-16,18H2/t21-,24+/m0/s1. The molecule has 220 valence electrons. The van der Waals surface area contributed by atoms with E-state index in [9.17, 15) is 26.4 Å². The van der Waals surface area contributed by atoms with Crippen molar-refractivity contribution in [3.63, 3.8) is 0 Å². The van der Waals surface area contributed by atoms with Gasteiger partial charge in [0.2, 0.25) is 10.0 Å². The van der Waals surface area contributed by atoms with Crippen molar-refractivity contribution in [2.75, 3.05) is 45.9 Å². The molecule has 2 atom stereocenters. The molecule has 0 unspecified atom stereocenters. The Labute approximate surface area is 236 Å². The number of benzene rings is 2. The number of halogens is 4. The third-order valence-corrected chi connectivity index (χ3v) is 9.22. The van der Waals surface area contributed by atoms with Gasteiger partial charge in [-0.3, -0.25) is 4.90 Å². The van der Waals surface area contributed by atoms with E-state index in [4.69, 9.17) is 21.4 Å². The molecule has 40 heavy (non-hydrogen) atoms. The highest BCUT2D eigenvalue weighted by atomic mass is 35.5. The number of aliphatic hydroxyl groups excluding tert-OH is 1. The van der Waals surface area contributed by atoms with Crippen LogP contribution in [0.2, 0.25) is 5.02 Å². The molecule has 0 aromatic heterocycles. The smallest absolute Gasteiger partial charge is 0.448 e. The summed E-state index contributed by atoms with van der Waals surface area (Å²) in [6, 6.07) is 9.29. The van der Waals surface area contributed by atoms with Crippen LogP contribution in [0.25, 0.3) is 0 Å². The number of sulfonamides is 1. The topological polar surface area (TPSA) is 99.6 Å². The molecule has 9 nitrogen and oxygen atoms in total. The number of piperazine rings is 1. The van der Waals surface area contributed by atoms with Crippen LogP contribution in [0, 0.1) is 0 Å². The van der Waals surface area contributed by atoms with E-state index in [1.54, 1.807) is 6.07 Å². The minimum absolute atomic E-state index is 0.0243. The van der Waals surface area contributed by atoms with Gasteiger partial charge in [0, 0.05) is 37.7 Å². The fourth-order valence-electron chi connectivity index (χ4n) is 5.09. The largest absolute Gasteiger partial charge is 0.573 e. The molecule has 1 N–H and O–H groups in total. The highest BCUT2D eigenvalue weighted by molar-refractivity contribution is 7.89. The molecule has 4 rings (SSSR count). The highest BCUT2D eigenvalue weighted by Crippen LogP contribution is 2.40. The van der Waals surface area contributed by atoms with E-state index >= 15 is 0 Å². The molecule has 2 aromatic rings. The first-order valence-corrected chi connectivity index (χ1v) is 14.7. The summed E-state index contributed by atoms with van der Waals surface area (Å²) in [5, 5.41) is 9.46. The number of carbonyl (C=O) groups excluding carboxylic acids is 1. The molecule has 14 heteroatoms. The molecule has 0 bridgehead atoms. The lowest BCUT2D eigenvalue weighted by molar-refractivity contribution is -0.274. The van der Waals surface area contributed by atoms with Crippen LogP contribution in [0.4, 0.5) is 18.0 Å². The monoisotopic (exact) mass is 605 g/mol. The van der Waals surface area contributed by atoms with Crippen molar-refractivity contribution in [3.8, 4) is 5.75 Å². The number of piperidine rings is 1. The summed E-state index contributed by atoms with van der Waals surface area (Å²) in [6.45, 7) is 2.28. The van der Waals surface area contributed by atoms with E-state index in [0.717, 1.165) is 6.07 Å². The second kappa shape index (κ2) is 12.9. The molecule has 0 aliphatic carbocycles. The van der Waals surface area contributed by atoms with Gasteiger partial charge in [0.1, 0.15) is 12.4 Å². The fourth-order valence-corrected chi connectivity index (χ4v) is 7.06. The van der Waals surface area contributed by atoms with Crippen LogP contribution in [0.1, 0.15) is 30.9 Å². The Morgan fingerprint density at radius 1 is 1.05 bits per heavy atom. The quantitative estimate of drug-likeness (QED) is 0.480. The van der Waals surface area contributed by atoms with Crippen LogP contribution in [0.5, 0.6) is 5.75 Å². The maximum atomic E-state index is 13.9. The van der Waals surface area contributed by atoms with Crippen LogP contribution >= 0.6 is 11.6 Å². The predicted molar refractivity (Wildman–Crippen MR) is 140 cm³/mol. The number of hydrogen-bond donors (Lipinski definition) is 1. The van der Waals surface area contributed by atoms with Crippen molar-refractivity contribution in [1.82, 2.24) is 14.1 Å². The Bertz CT molecular complexity index is 1260. The lowest BCUT2D eigenvalue weighted by atomic mass is 9.93. The molecule has 0 radical (unpaired) electrons. The third-order valence-electron chi connectivity index (χ3n) is 6.99. The number of amides is 1. The molecule has 2 aliphatic rings. The van der Waals surface area contributed by atoms with Gasteiger partial charge < -0.3 is 19.5 Å². The molecular formula is C26H31ClF3N3O6S. The Hall–Kier alpha value is -2.58. The normalized spacial score (nSPS) is 21.3. The molecule has 0 saturated carbocycles. The van der Waals surface area contributed by atoms with Gasteiger partial charge in [0.25, 0.3) is 0 Å². The van der Waals surface area contributed by atoms with E-state index in [2.05, 4.69) is 4.74 Å². The van der Waals surface area contributed by atoms with Gasteiger partial charge in [-0.2, -0.15) is 4.31 Å². The number of alkyl halides is 3. The lowest BCUT2D eigenvalue weighted by Crippen LogP contribution is -2.51. The van der Waals surface area contributed by atoms with Gasteiger partial charge in [0.15, 0.2) is 0 Å². The summed E-state index contributed by atoms with van der Waals surface area (Å²) in [7, 11) is -4.18. The minimum atomic E-state index is -4.90. The first-order valence-electron chi connectivity index (χ1n) is 12.9. The molecule has 2 aliphatic heterocycles. The summed E-state index contributed by atoms with van der Waals surface area (Å²) < 4.78 is 77.4.